The molecule has 0 saturated carbocycles. The highest BCUT2D eigenvalue weighted by molar-refractivity contribution is 6.87. The van der Waals surface area contributed by atoms with E-state index in [1.54, 1.807) is 12.5 Å². The van der Waals surface area contributed by atoms with Gasteiger partial charge in [-0.25, -0.2) is 4.98 Å². The first-order valence-corrected chi connectivity index (χ1v) is 9.94. The molecule has 0 aliphatic carbocycles. The number of benzene rings is 2. The fraction of sp³-hybridized carbons (Fsp3) is 0.375. The van der Waals surface area contributed by atoms with E-state index in [2.05, 4.69) is 88.1 Å². The van der Waals surface area contributed by atoms with Crippen molar-refractivity contribution < 1.29 is 0 Å². The minimum absolute atomic E-state index is 0.207. The van der Waals surface area contributed by atoms with Gasteiger partial charge in [0, 0.05) is 19.4 Å². The van der Waals surface area contributed by atoms with Crippen molar-refractivity contribution in [3.05, 3.63) is 78.4 Å². The molecule has 1 aromatic heterocycles. The zero-order chi connectivity index (χ0) is 19.9. The van der Waals surface area contributed by atoms with Crippen LogP contribution in [0, 0.1) is 0 Å². The summed E-state index contributed by atoms with van der Waals surface area (Å²) in [6.45, 7) is 11.9. The van der Waals surface area contributed by atoms with Gasteiger partial charge in [-0.3, -0.25) is 0 Å². The third kappa shape index (κ3) is 6.13. The van der Waals surface area contributed by atoms with E-state index in [9.17, 15) is 0 Å². The zero-order valence-electron chi connectivity index (χ0n) is 17.7. The summed E-state index contributed by atoms with van der Waals surface area (Å²) in [5.41, 5.74) is 5.73. The van der Waals surface area contributed by atoms with Crippen LogP contribution in [0.2, 0.25) is 5.31 Å². The molecule has 3 rings (SSSR count). The molecular weight excluding hydrogens is 327 g/mol. The molecule has 0 fully saturated rings. The van der Waals surface area contributed by atoms with Crippen LogP contribution in [0.4, 0.5) is 0 Å². The van der Waals surface area contributed by atoms with Crippen molar-refractivity contribution in [3.63, 3.8) is 0 Å². The fourth-order valence-corrected chi connectivity index (χ4v) is 3.50. The molecule has 0 aliphatic rings. The quantitative estimate of drug-likeness (QED) is 0.620. The number of aromatic nitrogens is 2. The minimum atomic E-state index is 0.207. The Morgan fingerprint density at radius 1 is 0.889 bits per heavy atom. The number of imidazole rings is 1. The van der Waals surface area contributed by atoms with Crippen LogP contribution in [-0.2, 0) is 19.9 Å². The first-order chi connectivity index (χ1) is 12.8. The van der Waals surface area contributed by atoms with Crippen LogP contribution in [-0.4, -0.2) is 16.3 Å². The predicted molar refractivity (Wildman–Crippen MR) is 120 cm³/mol. The van der Waals surface area contributed by atoms with Crippen LogP contribution in [0.15, 0.2) is 67.3 Å². The van der Waals surface area contributed by atoms with E-state index >= 15 is 0 Å². The Bertz CT molecular complexity index is 769. The van der Waals surface area contributed by atoms with Crippen molar-refractivity contribution in [3.8, 4) is 0 Å². The smallest absolute Gasteiger partial charge is 0.214 e. The van der Waals surface area contributed by atoms with Gasteiger partial charge in [-0.2, -0.15) is 0 Å². The van der Waals surface area contributed by atoms with E-state index in [0.29, 0.717) is 6.71 Å². The van der Waals surface area contributed by atoms with Crippen LogP contribution in [0.5, 0.6) is 0 Å². The van der Waals surface area contributed by atoms with Crippen molar-refractivity contribution in [2.45, 2.75) is 52.8 Å². The average Bonchev–Trinajstić information content (AvgIpc) is 3.12. The molecule has 2 nitrogen and oxygen atoms in total. The van der Waals surface area contributed by atoms with Gasteiger partial charge in [0.2, 0.25) is 6.71 Å². The Labute approximate surface area is 165 Å². The lowest BCUT2D eigenvalue weighted by Gasteiger charge is -2.29. The van der Waals surface area contributed by atoms with E-state index in [1.807, 2.05) is 17.8 Å². The number of hydrogen-bond donors (Lipinski definition) is 0. The highest BCUT2D eigenvalue weighted by Gasteiger charge is 2.32. The second-order valence-electron chi connectivity index (χ2n) is 8.22. The first kappa shape index (κ1) is 21.0. The van der Waals surface area contributed by atoms with Crippen molar-refractivity contribution in [1.29, 1.82) is 0 Å². The maximum Gasteiger partial charge on any atom is 0.214 e. The molecule has 0 aliphatic heterocycles. The topological polar surface area (TPSA) is 17.8 Å². The van der Waals surface area contributed by atoms with Gasteiger partial charge in [0.15, 0.2) is 0 Å². The van der Waals surface area contributed by atoms with Crippen LogP contribution in [0.3, 0.4) is 0 Å². The van der Waals surface area contributed by atoms with Crippen LogP contribution < -0.4 is 10.9 Å². The monoisotopic (exact) mass is 360 g/mol. The lowest BCUT2D eigenvalue weighted by atomic mass is 9.28. The summed E-state index contributed by atoms with van der Waals surface area (Å²) >= 11 is 0. The highest BCUT2D eigenvalue weighted by atomic mass is 15.0. The molecule has 0 atom stereocenters. The van der Waals surface area contributed by atoms with Gasteiger partial charge in [-0.15, -0.1) is 0 Å². The molecule has 2 aromatic carbocycles. The zero-order valence-corrected chi connectivity index (χ0v) is 17.7. The van der Waals surface area contributed by atoms with Gasteiger partial charge < -0.3 is 4.57 Å². The van der Waals surface area contributed by atoms with Gasteiger partial charge in [0.25, 0.3) is 0 Å². The van der Waals surface area contributed by atoms with Gasteiger partial charge >= 0.3 is 0 Å². The Morgan fingerprint density at radius 2 is 1.41 bits per heavy atom. The third-order valence-electron chi connectivity index (χ3n) is 4.89. The maximum absolute atomic E-state index is 3.78. The Balaban J connectivity index is 0.000000369. The largest absolute Gasteiger partial charge is 0.341 e. The van der Waals surface area contributed by atoms with Gasteiger partial charge in [0.05, 0.1) is 6.33 Å². The number of rotatable bonds is 4. The summed E-state index contributed by atoms with van der Waals surface area (Å²) in [7, 11) is 1.94. The van der Waals surface area contributed by atoms with Gasteiger partial charge in [0.1, 0.15) is 0 Å². The molecule has 0 unspecified atom stereocenters. The molecule has 3 heteroatoms. The van der Waals surface area contributed by atoms with E-state index in [1.165, 1.54) is 22.1 Å². The first-order valence-electron chi connectivity index (χ1n) is 9.94. The maximum atomic E-state index is 3.78. The van der Waals surface area contributed by atoms with Gasteiger partial charge in [-0.05, 0) is 24.0 Å². The lowest BCUT2D eigenvalue weighted by Crippen LogP contribution is -2.49. The van der Waals surface area contributed by atoms with Crippen molar-refractivity contribution in [1.82, 2.24) is 9.55 Å². The molecule has 142 valence electrons. The molecule has 1 heterocycles. The molecule has 0 bridgehead atoms. The summed E-state index contributed by atoms with van der Waals surface area (Å²) in [4.78, 5) is 3.78. The molecule has 0 spiro atoms. The van der Waals surface area contributed by atoms with E-state index in [4.69, 9.17) is 0 Å². The van der Waals surface area contributed by atoms with E-state index in [0.717, 1.165) is 12.8 Å². The van der Waals surface area contributed by atoms with Crippen LogP contribution >= 0.6 is 0 Å². The lowest BCUT2D eigenvalue weighted by molar-refractivity contribution is 0.750. The van der Waals surface area contributed by atoms with E-state index in [-0.39, 0.29) is 5.31 Å². The Morgan fingerprint density at radius 3 is 1.70 bits per heavy atom. The average molecular weight is 360 g/mol. The molecule has 0 amide bonds. The second-order valence-corrected chi connectivity index (χ2v) is 8.22. The summed E-state index contributed by atoms with van der Waals surface area (Å²) in [6, 6.07) is 18.2. The van der Waals surface area contributed by atoms with E-state index < -0.39 is 0 Å². The third-order valence-corrected chi connectivity index (χ3v) is 4.89. The Hall–Kier alpha value is -2.29. The summed E-state index contributed by atoms with van der Waals surface area (Å²) in [6.07, 6.45) is 7.58. The van der Waals surface area contributed by atoms with Crippen molar-refractivity contribution >= 4 is 17.6 Å². The SMILES string of the molecule is CCc1cccc(B(c2cccc(CC)c2)C(C)(C)C)c1.Cn1ccnc1. The second kappa shape index (κ2) is 9.59. The van der Waals surface area contributed by atoms with Crippen LogP contribution in [0.25, 0.3) is 0 Å². The Kier molecular flexibility index (Phi) is 7.47. The molecule has 0 radical (unpaired) electrons. The molecule has 0 saturated heterocycles. The van der Waals surface area contributed by atoms with Gasteiger partial charge in [-0.1, -0.05) is 99.4 Å². The number of nitrogens with zero attached hydrogens (tertiary/aromatic N) is 2. The van der Waals surface area contributed by atoms with Crippen molar-refractivity contribution in [2.75, 3.05) is 0 Å². The fourth-order valence-electron chi connectivity index (χ4n) is 3.50. The summed E-state index contributed by atoms with van der Waals surface area (Å²) in [5.74, 6) is 0. The summed E-state index contributed by atoms with van der Waals surface area (Å²) in [5, 5.41) is 0.207. The minimum Gasteiger partial charge on any atom is -0.341 e. The number of aryl methyl sites for hydroxylation is 3. The standard InChI is InChI=1S/C20H27B.C4H6N2/c1-6-16-10-8-12-18(14-16)21(20(3,4)5)19-13-9-11-17(7-2)15-19;1-6-3-2-5-4-6/h8-15H,6-7H2,1-5H3;2-4H,1H3. The molecule has 0 N–H and O–H groups in total. The molecule has 27 heavy (non-hydrogen) atoms. The predicted octanol–water partition coefficient (Wildman–Crippen LogP) is 4.64. The highest BCUT2D eigenvalue weighted by Crippen LogP contribution is 2.27. The van der Waals surface area contributed by atoms with Crippen LogP contribution in [0.1, 0.15) is 45.7 Å². The molecular formula is C24H33BN2. The molecule has 3 aromatic rings. The number of hydrogen-bond acceptors (Lipinski definition) is 1. The summed E-state index contributed by atoms with van der Waals surface area (Å²) < 4.78 is 1.89. The normalized spacial score (nSPS) is 10.9. The van der Waals surface area contributed by atoms with Crippen molar-refractivity contribution in [2.24, 2.45) is 7.05 Å².